The molecule has 6 heteroatoms. The minimum absolute atomic E-state index is 0.209. The summed E-state index contributed by atoms with van der Waals surface area (Å²) < 4.78 is 5.59. The van der Waals surface area contributed by atoms with E-state index in [1.54, 1.807) is 36.4 Å². The van der Waals surface area contributed by atoms with Gasteiger partial charge in [0.1, 0.15) is 24.0 Å². The topological polar surface area (TPSA) is 88.1 Å². The van der Waals surface area contributed by atoms with Gasteiger partial charge in [-0.1, -0.05) is 29.8 Å². The molecule has 0 radical (unpaired) electrons. The number of hydrogen-bond donors (Lipinski definition) is 2. The van der Waals surface area contributed by atoms with Gasteiger partial charge in [-0.2, -0.15) is 5.26 Å². The second-order valence-corrected chi connectivity index (χ2v) is 4.59. The molecule has 21 heavy (non-hydrogen) atoms. The number of nitrogens with zero attached hydrogens (tertiary/aromatic N) is 1. The third-order valence-electron chi connectivity index (χ3n) is 2.80. The van der Waals surface area contributed by atoms with E-state index in [1.165, 1.54) is 0 Å². The maximum Gasteiger partial charge on any atom is 0.265 e. The molecule has 106 valence electrons. The summed E-state index contributed by atoms with van der Waals surface area (Å²) in [6.45, 7) is 0.209. The van der Waals surface area contributed by atoms with Crippen LogP contribution in [-0.4, -0.2) is 5.91 Å². The van der Waals surface area contributed by atoms with Gasteiger partial charge in [-0.25, -0.2) is 5.84 Å². The molecule has 0 aliphatic carbocycles. The van der Waals surface area contributed by atoms with E-state index in [0.29, 0.717) is 16.3 Å². The number of nitrogen functional groups attached to an aromatic ring is 1. The van der Waals surface area contributed by atoms with E-state index in [2.05, 4.69) is 5.43 Å². The third kappa shape index (κ3) is 3.51. The lowest BCUT2D eigenvalue weighted by Crippen LogP contribution is -2.30. The standard InChI is InChI=1S/C15H12ClN3O2/c16-13-5-2-6-14(12(13)8-17)21-9-10-3-1-4-11(7-10)15(20)19-18/h1-7H,9,18H2,(H,19,20). The Balaban J connectivity index is 2.16. The molecule has 0 heterocycles. The second kappa shape index (κ2) is 6.75. The highest BCUT2D eigenvalue weighted by Gasteiger charge is 2.08. The molecule has 0 fully saturated rings. The molecule has 2 rings (SSSR count). The summed E-state index contributed by atoms with van der Waals surface area (Å²) in [6, 6.07) is 13.8. The predicted octanol–water partition coefficient (Wildman–Crippen LogP) is 2.39. The molecule has 3 N–H and O–H groups in total. The van der Waals surface area contributed by atoms with Gasteiger partial charge in [-0.05, 0) is 29.8 Å². The molecule has 0 atom stereocenters. The van der Waals surface area contributed by atoms with Crippen LogP contribution >= 0.6 is 11.6 Å². The Hall–Kier alpha value is -2.55. The van der Waals surface area contributed by atoms with Crippen molar-refractivity contribution in [3.05, 3.63) is 64.2 Å². The second-order valence-electron chi connectivity index (χ2n) is 4.19. The lowest BCUT2D eigenvalue weighted by atomic mass is 10.1. The maximum absolute atomic E-state index is 11.4. The molecule has 0 unspecified atom stereocenters. The molecule has 0 aliphatic rings. The number of hydrazine groups is 1. The number of rotatable bonds is 4. The summed E-state index contributed by atoms with van der Waals surface area (Å²) in [5.41, 5.74) is 3.57. The van der Waals surface area contributed by atoms with Crippen LogP contribution in [0.2, 0.25) is 5.02 Å². The quantitative estimate of drug-likeness (QED) is 0.515. The molecule has 2 aromatic carbocycles. The van der Waals surface area contributed by atoms with Gasteiger partial charge in [0, 0.05) is 5.56 Å². The largest absolute Gasteiger partial charge is 0.487 e. The summed E-state index contributed by atoms with van der Waals surface area (Å²) in [4.78, 5) is 11.4. The Kier molecular flexibility index (Phi) is 4.77. The van der Waals surface area contributed by atoms with Gasteiger partial charge in [-0.3, -0.25) is 10.2 Å². The summed E-state index contributed by atoms with van der Waals surface area (Å²) in [6.07, 6.45) is 0. The van der Waals surface area contributed by atoms with Crippen molar-refractivity contribution >= 4 is 17.5 Å². The van der Waals surface area contributed by atoms with Gasteiger partial charge >= 0.3 is 0 Å². The van der Waals surface area contributed by atoms with Crippen molar-refractivity contribution in [2.45, 2.75) is 6.61 Å². The number of ether oxygens (including phenoxy) is 1. The van der Waals surface area contributed by atoms with E-state index < -0.39 is 0 Å². The van der Waals surface area contributed by atoms with Crippen LogP contribution < -0.4 is 16.0 Å². The first-order valence-corrected chi connectivity index (χ1v) is 6.45. The highest BCUT2D eigenvalue weighted by Crippen LogP contribution is 2.26. The Morgan fingerprint density at radius 3 is 2.81 bits per heavy atom. The summed E-state index contributed by atoms with van der Waals surface area (Å²) in [7, 11) is 0. The number of nitriles is 1. The average Bonchev–Trinajstić information content (AvgIpc) is 2.52. The van der Waals surface area contributed by atoms with E-state index in [4.69, 9.17) is 27.4 Å². The van der Waals surface area contributed by atoms with E-state index in [9.17, 15) is 4.79 Å². The maximum atomic E-state index is 11.4. The van der Waals surface area contributed by atoms with Gasteiger partial charge in [0.15, 0.2) is 0 Å². The van der Waals surface area contributed by atoms with Crippen LogP contribution in [0.3, 0.4) is 0 Å². The van der Waals surface area contributed by atoms with Crippen molar-refractivity contribution < 1.29 is 9.53 Å². The number of benzene rings is 2. The Morgan fingerprint density at radius 1 is 1.33 bits per heavy atom. The SMILES string of the molecule is N#Cc1c(Cl)cccc1OCc1cccc(C(=O)NN)c1. The van der Waals surface area contributed by atoms with Crippen LogP contribution in [0.15, 0.2) is 42.5 Å². The summed E-state index contributed by atoms with van der Waals surface area (Å²) in [5.74, 6) is 5.12. The van der Waals surface area contributed by atoms with Crippen molar-refractivity contribution in [1.29, 1.82) is 5.26 Å². The van der Waals surface area contributed by atoms with Crippen molar-refractivity contribution in [2.75, 3.05) is 0 Å². The molecule has 0 aromatic heterocycles. The number of nitrogens with two attached hydrogens (primary N) is 1. The van der Waals surface area contributed by atoms with Crippen LogP contribution in [0.25, 0.3) is 0 Å². The fourth-order valence-electron chi connectivity index (χ4n) is 1.78. The van der Waals surface area contributed by atoms with Gasteiger partial charge in [0.25, 0.3) is 5.91 Å². The average molecular weight is 302 g/mol. The fraction of sp³-hybridized carbons (Fsp3) is 0.0667. The number of carbonyl (C=O) groups excluding carboxylic acids is 1. The molecule has 0 saturated heterocycles. The number of carbonyl (C=O) groups is 1. The summed E-state index contributed by atoms with van der Waals surface area (Å²) >= 11 is 5.93. The molecule has 1 amide bonds. The van der Waals surface area contributed by atoms with E-state index >= 15 is 0 Å². The van der Waals surface area contributed by atoms with Crippen molar-refractivity contribution in [3.63, 3.8) is 0 Å². The lowest BCUT2D eigenvalue weighted by molar-refractivity contribution is 0.0953. The van der Waals surface area contributed by atoms with Gasteiger partial charge in [0.05, 0.1) is 5.02 Å². The first-order valence-electron chi connectivity index (χ1n) is 6.07. The van der Waals surface area contributed by atoms with Gasteiger partial charge in [0.2, 0.25) is 0 Å². The van der Waals surface area contributed by atoms with Crippen LogP contribution in [0.1, 0.15) is 21.5 Å². The number of hydrogen-bond acceptors (Lipinski definition) is 4. The van der Waals surface area contributed by atoms with Crippen LogP contribution in [0, 0.1) is 11.3 Å². The summed E-state index contributed by atoms with van der Waals surface area (Å²) in [5, 5.41) is 9.40. The van der Waals surface area contributed by atoms with Crippen LogP contribution in [-0.2, 0) is 6.61 Å². The van der Waals surface area contributed by atoms with Crippen molar-refractivity contribution in [2.24, 2.45) is 5.84 Å². The molecule has 5 nitrogen and oxygen atoms in total. The van der Waals surface area contributed by atoms with Gasteiger partial charge < -0.3 is 4.74 Å². The molecule has 0 spiro atoms. The first kappa shape index (κ1) is 14.9. The monoisotopic (exact) mass is 301 g/mol. The van der Waals surface area contributed by atoms with Crippen molar-refractivity contribution in [1.82, 2.24) is 5.43 Å². The predicted molar refractivity (Wildman–Crippen MR) is 78.6 cm³/mol. The highest BCUT2D eigenvalue weighted by molar-refractivity contribution is 6.31. The van der Waals surface area contributed by atoms with E-state index in [1.807, 2.05) is 12.1 Å². The molecule has 0 bridgehead atoms. The molecule has 0 saturated carbocycles. The number of nitrogens with one attached hydrogen (secondary N) is 1. The Morgan fingerprint density at radius 2 is 2.10 bits per heavy atom. The zero-order chi connectivity index (χ0) is 15.2. The molecule has 2 aromatic rings. The number of halogens is 1. The third-order valence-corrected chi connectivity index (χ3v) is 3.12. The Bertz CT molecular complexity index is 710. The lowest BCUT2D eigenvalue weighted by Gasteiger charge is -2.09. The van der Waals surface area contributed by atoms with E-state index in [0.717, 1.165) is 5.56 Å². The minimum Gasteiger partial charge on any atom is -0.487 e. The molecular weight excluding hydrogens is 290 g/mol. The van der Waals surface area contributed by atoms with Crippen LogP contribution in [0.5, 0.6) is 5.75 Å². The van der Waals surface area contributed by atoms with Crippen molar-refractivity contribution in [3.8, 4) is 11.8 Å². The number of amides is 1. The smallest absolute Gasteiger partial charge is 0.265 e. The normalized spacial score (nSPS) is 9.76. The van der Waals surface area contributed by atoms with Crippen LogP contribution in [0.4, 0.5) is 0 Å². The zero-order valence-corrected chi connectivity index (χ0v) is 11.7. The first-order chi connectivity index (χ1) is 10.2. The minimum atomic E-state index is -0.377. The Labute approximate surface area is 126 Å². The zero-order valence-electron chi connectivity index (χ0n) is 11.0. The molecular formula is C15H12ClN3O2. The highest BCUT2D eigenvalue weighted by atomic mass is 35.5. The fourth-order valence-corrected chi connectivity index (χ4v) is 1.99. The van der Waals surface area contributed by atoms with E-state index in [-0.39, 0.29) is 18.1 Å². The molecule has 0 aliphatic heterocycles. The van der Waals surface area contributed by atoms with Gasteiger partial charge in [-0.15, -0.1) is 0 Å².